The first-order valence-corrected chi connectivity index (χ1v) is 12.2. The Morgan fingerprint density at radius 3 is 2.44 bits per heavy atom. The summed E-state index contributed by atoms with van der Waals surface area (Å²) in [5.74, 6) is 0.610. The summed E-state index contributed by atoms with van der Waals surface area (Å²) in [6, 6.07) is 16.1. The Morgan fingerprint density at radius 2 is 1.79 bits per heavy atom. The Bertz CT molecular complexity index is 1060. The number of aromatic amines is 1. The number of amides is 2. The van der Waals surface area contributed by atoms with Gasteiger partial charge in [-0.15, -0.1) is 5.10 Å². The van der Waals surface area contributed by atoms with Crippen molar-refractivity contribution < 1.29 is 9.59 Å². The third-order valence-corrected chi connectivity index (χ3v) is 6.02. The summed E-state index contributed by atoms with van der Waals surface area (Å²) in [7, 11) is 0. The molecule has 1 aromatic heterocycles. The first-order valence-electron chi connectivity index (χ1n) is 11.7. The molecule has 3 rings (SSSR count). The van der Waals surface area contributed by atoms with Crippen LogP contribution in [0.4, 0.5) is 0 Å². The van der Waals surface area contributed by atoms with E-state index in [9.17, 15) is 9.59 Å². The largest absolute Gasteiger partial charge is 0.353 e. The zero-order chi connectivity index (χ0) is 24.3. The van der Waals surface area contributed by atoms with E-state index >= 15 is 0 Å². The van der Waals surface area contributed by atoms with Crippen LogP contribution < -0.4 is 5.32 Å². The van der Waals surface area contributed by atoms with Crippen LogP contribution in [0.3, 0.4) is 0 Å². The van der Waals surface area contributed by atoms with E-state index in [0.29, 0.717) is 31.9 Å². The molecule has 34 heavy (non-hydrogen) atoms. The molecule has 2 aromatic carbocycles. The van der Waals surface area contributed by atoms with Gasteiger partial charge >= 0.3 is 0 Å². The summed E-state index contributed by atoms with van der Waals surface area (Å²) >= 11 is 4.34. The van der Waals surface area contributed by atoms with E-state index in [1.54, 1.807) is 4.90 Å². The highest BCUT2D eigenvalue weighted by Crippen LogP contribution is 2.29. The molecule has 9 heteroatoms. The van der Waals surface area contributed by atoms with Gasteiger partial charge in [0.2, 0.25) is 11.8 Å². The molecule has 0 bridgehead atoms. The van der Waals surface area contributed by atoms with Crippen molar-refractivity contribution in [3.63, 3.8) is 0 Å². The number of tetrazole rings is 1. The number of benzene rings is 2. The van der Waals surface area contributed by atoms with Crippen LogP contribution in [0.2, 0.25) is 0 Å². The molecule has 0 saturated carbocycles. The highest BCUT2D eigenvalue weighted by atomic mass is 32.1. The van der Waals surface area contributed by atoms with Crippen LogP contribution in [0.25, 0.3) is 22.5 Å². The normalized spacial score (nSPS) is 11.7. The molecule has 180 valence electrons. The zero-order valence-corrected chi connectivity index (χ0v) is 20.6. The van der Waals surface area contributed by atoms with Gasteiger partial charge in [0.15, 0.2) is 5.82 Å². The predicted molar refractivity (Wildman–Crippen MR) is 136 cm³/mol. The lowest BCUT2D eigenvalue weighted by atomic mass is 9.98. The Labute approximate surface area is 205 Å². The van der Waals surface area contributed by atoms with Gasteiger partial charge in [-0.3, -0.25) is 9.59 Å². The fourth-order valence-corrected chi connectivity index (χ4v) is 4.07. The lowest BCUT2D eigenvalue weighted by molar-refractivity contribution is -0.132. The molecule has 0 saturated heterocycles. The minimum atomic E-state index is -0.312. The van der Waals surface area contributed by atoms with Gasteiger partial charge in [-0.25, -0.2) is 5.10 Å². The fourth-order valence-electron chi connectivity index (χ4n) is 3.73. The van der Waals surface area contributed by atoms with Crippen LogP contribution in [-0.2, 0) is 16.1 Å². The number of thiol groups is 1. The number of H-pyrrole nitrogens is 1. The predicted octanol–water partition coefficient (Wildman–Crippen LogP) is 3.88. The van der Waals surface area contributed by atoms with E-state index in [-0.39, 0.29) is 17.1 Å². The molecule has 2 N–H and O–H groups in total. The minimum Gasteiger partial charge on any atom is -0.353 e. The van der Waals surface area contributed by atoms with Crippen molar-refractivity contribution in [3.05, 3.63) is 54.1 Å². The molecule has 1 heterocycles. The number of hydrogen-bond donors (Lipinski definition) is 3. The van der Waals surface area contributed by atoms with Crippen LogP contribution in [0.15, 0.2) is 48.5 Å². The molecule has 0 radical (unpaired) electrons. The molecular formula is C25H32N6O2S. The number of hydrogen-bond acceptors (Lipinski definition) is 6. The van der Waals surface area contributed by atoms with E-state index in [2.05, 4.69) is 38.6 Å². The second kappa shape index (κ2) is 12.9. The lowest BCUT2D eigenvalue weighted by Crippen LogP contribution is -2.40. The average Bonchev–Trinajstić information content (AvgIpc) is 3.39. The molecule has 0 aliphatic rings. The molecule has 0 unspecified atom stereocenters. The zero-order valence-electron chi connectivity index (χ0n) is 19.7. The number of nitrogens with one attached hydrogen (secondary N) is 2. The number of aromatic nitrogens is 4. The molecule has 0 spiro atoms. The van der Waals surface area contributed by atoms with Crippen molar-refractivity contribution >= 4 is 24.4 Å². The van der Waals surface area contributed by atoms with E-state index in [0.717, 1.165) is 41.5 Å². The van der Waals surface area contributed by atoms with Crippen molar-refractivity contribution in [2.45, 2.75) is 51.3 Å². The Morgan fingerprint density at radius 1 is 1.06 bits per heavy atom. The third-order valence-electron chi connectivity index (χ3n) is 5.53. The molecule has 0 aliphatic carbocycles. The van der Waals surface area contributed by atoms with E-state index < -0.39 is 0 Å². The summed E-state index contributed by atoms with van der Waals surface area (Å²) in [6.07, 6.45) is 2.90. The van der Waals surface area contributed by atoms with Gasteiger partial charge in [0.05, 0.1) is 5.25 Å². The van der Waals surface area contributed by atoms with Gasteiger partial charge in [-0.05, 0) is 40.0 Å². The molecule has 8 nitrogen and oxygen atoms in total. The highest BCUT2D eigenvalue weighted by Gasteiger charge is 2.16. The van der Waals surface area contributed by atoms with Gasteiger partial charge in [-0.1, -0.05) is 68.8 Å². The summed E-state index contributed by atoms with van der Waals surface area (Å²) in [4.78, 5) is 26.7. The highest BCUT2D eigenvalue weighted by molar-refractivity contribution is 7.81. The first-order chi connectivity index (χ1) is 16.5. The topological polar surface area (TPSA) is 104 Å². The van der Waals surface area contributed by atoms with Gasteiger partial charge in [0, 0.05) is 31.6 Å². The number of nitrogens with zero attached hydrogens (tertiary/aromatic N) is 4. The van der Waals surface area contributed by atoms with Crippen molar-refractivity contribution in [1.29, 1.82) is 0 Å². The summed E-state index contributed by atoms with van der Waals surface area (Å²) < 4.78 is 0. The summed E-state index contributed by atoms with van der Waals surface area (Å²) in [5, 5.41) is 16.8. The van der Waals surface area contributed by atoms with Crippen LogP contribution in [0, 0.1) is 0 Å². The van der Waals surface area contributed by atoms with Gasteiger partial charge in [0.25, 0.3) is 0 Å². The summed E-state index contributed by atoms with van der Waals surface area (Å²) in [5.41, 5.74) is 3.99. The van der Waals surface area contributed by atoms with Crippen molar-refractivity contribution in [2.75, 3.05) is 13.1 Å². The van der Waals surface area contributed by atoms with Crippen LogP contribution in [0.5, 0.6) is 0 Å². The maximum Gasteiger partial charge on any atom is 0.232 e. The molecular weight excluding hydrogens is 448 g/mol. The number of carbonyl (C=O) groups excluding carboxylic acids is 2. The van der Waals surface area contributed by atoms with E-state index in [1.807, 2.05) is 62.4 Å². The standard InChI is InChI=1S/C25H32N6O2S/c1-3-7-22(34)25(33)26-15-16-31(23(32)8-4-2)17-18-11-13-19(14-12-18)20-9-5-6-10-21(20)24-27-29-30-28-24/h5-6,9-14,22,34H,3-4,7-8,15-17H2,1-2H3,(H,26,33)(H,27,28,29,30)/t22-/m0/s1. The lowest BCUT2D eigenvalue weighted by Gasteiger charge is -2.23. The first kappa shape index (κ1) is 25.4. The van der Waals surface area contributed by atoms with Crippen molar-refractivity contribution in [3.8, 4) is 22.5 Å². The Kier molecular flexibility index (Phi) is 9.63. The smallest absolute Gasteiger partial charge is 0.232 e. The Hall–Kier alpha value is -3.20. The summed E-state index contributed by atoms with van der Waals surface area (Å²) in [6.45, 7) is 5.37. The van der Waals surface area contributed by atoms with Crippen LogP contribution in [-0.4, -0.2) is 55.7 Å². The molecule has 0 aliphatic heterocycles. The van der Waals surface area contributed by atoms with Crippen LogP contribution >= 0.6 is 12.6 Å². The van der Waals surface area contributed by atoms with Gasteiger partial charge < -0.3 is 10.2 Å². The quantitative estimate of drug-likeness (QED) is 0.341. The van der Waals surface area contributed by atoms with Gasteiger partial charge in [-0.2, -0.15) is 12.6 Å². The Balaban J connectivity index is 1.68. The van der Waals surface area contributed by atoms with Gasteiger partial charge in [0.1, 0.15) is 0 Å². The average molecular weight is 481 g/mol. The van der Waals surface area contributed by atoms with Crippen molar-refractivity contribution in [1.82, 2.24) is 30.8 Å². The SMILES string of the molecule is CCCC(=O)N(CCNC(=O)[C@@H](S)CCC)Cc1ccc(-c2ccccc2-c2nnn[nH]2)cc1. The fraction of sp³-hybridized carbons (Fsp3) is 0.400. The molecule has 3 aromatic rings. The second-order valence-corrected chi connectivity index (χ2v) is 8.78. The monoisotopic (exact) mass is 480 g/mol. The second-order valence-electron chi connectivity index (χ2n) is 8.15. The van der Waals surface area contributed by atoms with E-state index in [1.165, 1.54) is 0 Å². The van der Waals surface area contributed by atoms with E-state index in [4.69, 9.17) is 0 Å². The van der Waals surface area contributed by atoms with Crippen molar-refractivity contribution in [2.24, 2.45) is 0 Å². The third kappa shape index (κ3) is 6.90. The molecule has 0 fully saturated rings. The number of carbonyl (C=O) groups is 2. The maximum atomic E-state index is 12.7. The molecule has 1 atom stereocenters. The number of rotatable bonds is 12. The molecule has 2 amide bonds. The maximum absolute atomic E-state index is 12.7. The minimum absolute atomic E-state index is 0.0833. The van der Waals surface area contributed by atoms with Crippen LogP contribution in [0.1, 0.15) is 45.1 Å².